The Labute approximate surface area is 124 Å². The number of rotatable bonds is 4. The van der Waals surface area contributed by atoms with Crippen LogP contribution in [-0.4, -0.2) is 17.5 Å². The Morgan fingerprint density at radius 2 is 2.25 bits per heavy atom. The highest BCUT2D eigenvalue weighted by molar-refractivity contribution is 9.10. The van der Waals surface area contributed by atoms with E-state index in [9.17, 15) is 9.18 Å². The van der Waals surface area contributed by atoms with Gasteiger partial charge in [0.25, 0.3) is 5.91 Å². The molecule has 1 N–H and O–H groups in total. The number of benzene rings is 1. The zero-order chi connectivity index (χ0) is 14.5. The Bertz CT molecular complexity index is 634. The second-order valence-corrected chi connectivity index (χ2v) is 4.75. The lowest BCUT2D eigenvalue weighted by molar-refractivity contribution is 0.102. The first-order valence-corrected chi connectivity index (χ1v) is 6.74. The number of pyridine rings is 1. The highest BCUT2D eigenvalue weighted by atomic mass is 79.9. The van der Waals surface area contributed by atoms with Crippen LogP contribution in [0, 0.1) is 5.82 Å². The Balaban J connectivity index is 2.17. The summed E-state index contributed by atoms with van der Waals surface area (Å²) in [5, 5.41) is 2.60. The highest BCUT2D eigenvalue weighted by Gasteiger charge is 2.10. The van der Waals surface area contributed by atoms with Gasteiger partial charge in [0.15, 0.2) is 0 Å². The third kappa shape index (κ3) is 3.54. The summed E-state index contributed by atoms with van der Waals surface area (Å²) in [6.07, 6.45) is 1.04. The zero-order valence-electron chi connectivity index (χ0n) is 10.7. The summed E-state index contributed by atoms with van der Waals surface area (Å²) in [4.78, 5) is 15.9. The number of hydrogen-bond donors (Lipinski definition) is 1. The minimum Gasteiger partial charge on any atom is -0.494 e. The topological polar surface area (TPSA) is 51.2 Å². The SMILES string of the molecule is CCOc1cccc(C(=O)Nc2ncc(F)cc2Br)c1. The molecule has 20 heavy (non-hydrogen) atoms. The van der Waals surface area contributed by atoms with Gasteiger partial charge in [0, 0.05) is 5.56 Å². The number of nitrogens with zero attached hydrogens (tertiary/aromatic N) is 1. The van der Waals surface area contributed by atoms with Gasteiger partial charge in [0.1, 0.15) is 17.4 Å². The maximum atomic E-state index is 12.9. The molecule has 0 atom stereocenters. The van der Waals surface area contributed by atoms with Gasteiger partial charge in [-0.05, 0) is 47.1 Å². The summed E-state index contributed by atoms with van der Waals surface area (Å²) in [5.74, 6) is 0.0593. The van der Waals surface area contributed by atoms with Crippen LogP contribution in [0.4, 0.5) is 10.2 Å². The summed E-state index contributed by atoms with van der Waals surface area (Å²) in [7, 11) is 0. The molecule has 0 aliphatic carbocycles. The summed E-state index contributed by atoms with van der Waals surface area (Å²) in [5.41, 5.74) is 0.439. The predicted molar refractivity (Wildman–Crippen MR) is 77.5 cm³/mol. The van der Waals surface area contributed by atoms with Gasteiger partial charge in [-0.1, -0.05) is 6.07 Å². The van der Waals surface area contributed by atoms with Crippen molar-refractivity contribution in [3.63, 3.8) is 0 Å². The van der Waals surface area contributed by atoms with E-state index in [0.717, 1.165) is 6.20 Å². The van der Waals surface area contributed by atoms with Crippen LogP contribution in [0.25, 0.3) is 0 Å². The minimum absolute atomic E-state index is 0.262. The number of anilines is 1. The Morgan fingerprint density at radius 1 is 1.45 bits per heavy atom. The number of hydrogen-bond acceptors (Lipinski definition) is 3. The largest absolute Gasteiger partial charge is 0.494 e. The molecule has 0 radical (unpaired) electrons. The van der Waals surface area contributed by atoms with Gasteiger partial charge in [0.05, 0.1) is 17.3 Å². The summed E-state index contributed by atoms with van der Waals surface area (Å²) in [6, 6.07) is 8.03. The van der Waals surface area contributed by atoms with E-state index in [0.29, 0.717) is 22.4 Å². The van der Waals surface area contributed by atoms with Crippen molar-refractivity contribution in [1.29, 1.82) is 0 Å². The smallest absolute Gasteiger partial charge is 0.256 e. The molecule has 1 heterocycles. The van der Waals surface area contributed by atoms with E-state index in [1.165, 1.54) is 6.07 Å². The molecule has 0 spiro atoms. The molecule has 0 bridgehead atoms. The van der Waals surface area contributed by atoms with Crippen molar-refractivity contribution >= 4 is 27.7 Å². The fraction of sp³-hybridized carbons (Fsp3) is 0.143. The molecule has 2 rings (SSSR count). The van der Waals surface area contributed by atoms with E-state index in [-0.39, 0.29) is 11.7 Å². The van der Waals surface area contributed by atoms with Gasteiger partial charge in [-0.25, -0.2) is 9.37 Å². The molecule has 4 nitrogen and oxygen atoms in total. The maximum Gasteiger partial charge on any atom is 0.256 e. The molecular formula is C14H12BrFN2O2. The molecular weight excluding hydrogens is 327 g/mol. The fourth-order valence-electron chi connectivity index (χ4n) is 1.58. The van der Waals surface area contributed by atoms with Gasteiger partial charge in [-0.3, -0.25) is 4.79 Å². The van der Waals surface area contributed by atoms with Crippen molar-refractivity contribution in [2.24, 2.45) is 0 Å². The molecule has 2 aromatic rings. The van der Waals surface area contributed by atoms with Crippen molar-refractivity contribution in [2.75, 3.05) is 11.9 Å². The second-order valence-electron chi connectivity index (χ2n) is 3.90. The molecule has 0 aliphatic rings. The van der Waals surface area contributed by atoms with Crippen molar-refractivity contribution in [1.82, 2.24) is 4.98 Å². The molecule has 6 heteroatoms. The van der Waals surface area contributed by atoms with Gasteiger partial charge in [-0.2, -0.15) is 0 Å². The third-order valence-corrected chi connectivity index (χ3v) is 3.05. The minimum atomic E-state index is -0.479. The Kier molecular flexibility index (Phi) is 4.68. The van der Waals surface area contributed by atoms with Gasteiger partial charge < -0.3 is 10.1 Å². The quantitative estimate of drug-likeness (QED) is 0.925. The average Bonchev–Trinajstić information content (AvgIpc) is 2.42. The highest BCUT2D eigenvalue weighted by Crippen LogP contribution is 2.21. The van der Waals surface area contributed by atoms with E-state index in [2.05, 4.69) is 26.2 Å². The molecule has 104 valence electrons. The average molecular weight is 339 g/mol. The van der Waals surface area contributed by atoms with E-state index in [1.807, 2.05) is 6.92 Å². The number of aromatic nitrogens is 1. The number of amides is 1. The lowest BCUT2D eigenvalue weighted by Gasteiger charge is -2.08. The Morgan fingerprint density at radius 3 is 2.95 bits per heavy atom. The first kappa shape index (κ1) is 14.5. The molecule has 0 saturated carbocycles. The van der Waals surface area contributed by atoms with E-state index < -0.39 is 5.82 Å². The van der Waals surface area contributed by atoms with Crippen LogP contribution in [0.1, 0.15) is 17.3 Å². The lowest BCUT2D eigenvalue weighted by atomic mass is 10.2. The number of ether oxygens (including phenoxy) is 1. The van der Waals surface area contributed by atoms with Crippen molar-refractivity contribution in [2.45, 2.75) is 6.92 Å². The lowest BCUT2D eigenvalue weighted by Crippen LogP contribution is -2.13. The number of nitrogens with one attached hydrogen (secondary N) is 1. The molecule has 0 fully saturated rings. The summed E-state index contributed by atoms with van der Waals surface area (Å²) < 4.78 is 18.6. The Hall–Kier alpha value is -1.95. The fourth-order valence-corrected chi connectivity index (χ4v) is 2.00. The molecule has 1 aromatic carbocycles. The molecule has 1 aromatic heterocycles. The van der Waals surface area contributed by atoms with Crippen molar-refractivity contribution in [3.05, 3.63) is 52.4 Å². The molecule has 0 aliphatic heterocycles. The third-order valence-electron chi connectivity index (χ3n) is 2.45. The monoisotopic (exact) mass is 338 g/mol. The summed E-state index contributed by atoms with van der Waals surface area (Å²) >= 11 is 3.15. The van der Waals surface area contributed by atoms with Gasteiger partial charge in [0.2, 0.25) is 0 Å². The van der Waals surface area contributed by atoms with Crippen LogP contribution in [0.15, 0.2) is 41.0 Å². The van der Waals surface area contributed by atoms with Crippen LogP contribution in [0.2, 0.25) is 0 Å². The summed E-state index contributed by atoms with van der Waals surface area (Å²) in [6.45, 7) is 2.39. The van der Waals surface area contributed by atoms with Crippen LogP contribution in [0.5, 0.6) is 5.75 Å². The second kappa shape index (κ2) is 6.47. The molecule has 0 unspecified atom stereocenters. The number of carbonyl (C=O) groups is 1. The first-order valence-electron chi connectivity index (χ1n) is 5.95. The van der Waals surface area contributed by atoms with E-state index in [4.69, 9.17) is 4.74 Å². The first-order chi connectivity index (χ1) is 9.60. The van der Waals surface area contributed by atoms with Crippen LogP contribution in [0.3, 0.4) is 0 Å². The molecule has 0 saturated heterocycles. The standard InChI is InChI=1S/C14H12BrFN2O2/c1-2-20-11-5-3-4-9(6-11)14(19)18-13-12(15)7-10(16)8-17-13/h3-8H,2H2,1H3,(H,17,18,19). The van der Waals surface area contributed by atoms with Crippen molar-refractivity contribution < 1.29 is 13.9 Å². The van der Waals surface area contributed by atoms with Crippen molar-refractivity contribution in [3.8, 4) is 5.75 Å². The number of halogens is 2. The van der Waals surface area contributed by atoms with E-state index >= 15 is 0 Å². The van der Waals surface area contributed by atoms with Crippen LogP contribution >= 0.6 is 15.9 Å². The zero-order valence-corrected chi connectivity index (χ0v) is 12.3. The normalized spacial score (nSPS) is 10.2. The van der Waals surface area contributed by atoms with E-state index in [1.54, 1.807) is 24.3 Å². The van der Waals surface area contributed by atoms with Crippen LogP contribution < -0.4 is 10.1 Å². The van der Waals surface area contributed by atoms with Gasteiger partial charge >= 0.3 is 0 Å². The van der Waals surface area contributed by atoms with Crippen LogP contribution in [-0.2, 0) is 0 Å². The predicted octanol–water partition coefficient (Wildman–Crippen LogP) is 3.63. The maximum absolute atomic E-state index is 12.9. The molecule has 1 amide bonds. The van der Waals surface area contributed by atoms with Gasteiger partial charge in [-0.15, -0.1) is 0 Å². The number of carbonyl (C=O) groups excluding carboxylic acids is 1.